The lowest BCUT2D eigenvalue weighted by atomic mass is 10.0. The van der Waals surface area contributed by atoms with Gasteiger partial charge in [0, 0.05) is 81.3 Å². The molecule has 0 aliphatic heterocycles. The Kier molecular flexibility index (Phi) is 17.1. The number of benzene rings is 12. The van der Waals surface area contributed by atoms with Crippen molar-refractivity contribution in [3.8, 4) is 44.5 Å². The number of thiophene rings is 2. The highest BCUT2D eigenvalue weighted by Crippen LogP contribution is 2.43. The van der Waals surface area contributed by atoms with E-state index in [2.05, 4.69) is 338 Å². The fourth-order valence-corrected chi connectivity index (χ4v) is 13.3. The van der Waals surface area contributed by atoms with E-state index >= 15 is 0 Å². The Bertz CT molecular complexity index is 4270. The van der Waals surface area contributed by atoms with Crippen LogP contribution in [0.2, 0.25) is 0 Å². The number of nitrogens with zero attached hydrogens (tertiary/aromatic N) is 1. The number of hydrogen-bond acceptors (Lipinski definition) is 4. The van der Waals surface area contributed by atoms with E-state index in [1.54, 1.807) is 0 Å². The topological polar surface area (TPSA) is 15.3 Å². The van der Waals surface area contributed by atoms with E-state index < -0.39 is 0 Å². The Morgan fingerprint density at radius 3 is 1.10 bits per heavy atom. The average Bonchev–Trinajstić information content (AvgIpc) is 4.11. The fraction of sp³-hybridized carbons (Fsp3) is 0.0137. The monoisotopic (exact) mass is 1310 g/mol. The first-order chi connectivity index (χ1) is 38.9. The van der Waals surface area contributed by atoms with Crippen molar-refractivity contribution < 1.29 is 0 Å². The van der Waals surface area contributed by atoms with Crippen LogP contribution in [-0.4, -0.2) is 0 Å². The summed E-state index contributed by atoms with van der Waals surface area (Å²) in [4.78, 5) is 2.31. The highest BCUT2D eigenvalue weighted by Gasteiger charge is 2.15. The van der Waals surface area contributed by atoms with Gasteiger partial charge >= 0.3 is 0 Å². The molecule has 0 amide bonds. The summed E-state index contributed by atoms with van der Waals surface area (Å²) in [5, 5.41) is 8.79. The van der Waals surface area contributed by atoms with Crippen molar-refractivity contribution >= 4 is 146 Å². The molecule has 0 aliphatic carbocycles. The molecule has 0 saturated carbocycles. The SMILES string of the molecule is Brc1ccc(-c2ccc(I)cc2)cc1.Brc1ccc(-c2ccc(N(c3ccccc3)c3ccc(-c4cccc5c4sc4ccccc45)cc3)cc2)cc1.C.c1ccc(Nc2ccc(-c3cccc4c3sc3ccccc34)cc2)cc1. The first-order valence-electron chi connectivity index (χ1n) is 25.9. The Balaban J connectivity index is 0.000000141. The minimum absolute atomic E-state index is 0. The van der Waals surface area contributed by atoms with Crippen molar-refractivity contribution in [1.82, 2.24) is 0 Å². The summed E-state index contributed by atoms with van der Waals surface area (Å²) < 4.78 is 8.85. The molecule has 0 spiro atoms. The smallest absolute Gasteiger partial charge is 0.0462 e. The molecule has 14 aromatic rings. The van der Waals surface area contributed by atoms with Crippen LogP contribution < -0.4 is 10.2 Å². The molecule has 0 atom stereocenters. The first kappa shape index (κ1) is 54.3. The normalized spacial score (nSPS) is 10.8. The van der Waals surface area contributed by atoms with Crippen LogP contribution in [0.1, 0.15) is 7.43 Å². The maximum atomic E-state index is 3.53. The largest absolute Gasteiger partial charge is 0.356 e. The molecule has 0 fully saturated rings. The molecule has 7 heteroatoms. The van der Waals surface area contributed by atoms with Crippen molar-refractivity contribution in [3.63, 3.8) is 0 Å². The van der Waals surface area contributed by atoms with E-state index in [1.807, 2.05) is 40.9 Å². The van der Waals surface area contributed by atoms with Gasteiger partial charge in [-0.25, -0.2) is 0 Å². The molecule has 0 unspecified atom stereocenters. The first-order valence-corrected chi connectivity index (χ1v) is 30.2. The Labute approximate surface area is 507 Å². The molecule has 1 N–H and O–H groups in total. The van der Waals surface area contributed by atoms with E-state index in [-0.39, 0.29) is 7.43 Å². The second kappa shape index (κ2) is 25.2. The number of hydrogen-bond donors (Lipinski definition) is 1. The van der Waals surface area contributed by atoms with E-state index in [1.165, 1.54) is 88.4 Å². The van der Waals surface area contributed by atoms with Gasteiger partial charge in [-0.2, -0.15) is 0 Å². The Hall–Kier alpha value is -7.63. The van der Waals surface area contributed by atoms with Crippen LogP contribution in [-0.2, 0) is 0 Å². The number of rotatable bonds is 9. The zero-order chi connectivity index (χ0) is 53.5. The zero-order valence-corrected chi connectivity index (χ0v) is 49.6. The van der Waals surface area contributed by atoms with Gasteiger partial charge in [0.15, 0.2) is 0 Å². The van der Waals surface area contributed by atoms with Crippen LogP contribution in [0.15, 0.2) is 300 Å². The van der Waals surface area contributed by atoms with Gasteiger partial charge in [0.25, 0.3) is 0 Å². The van der Waals surface area contributed by atoms with Crippen LogP contribution in [0.5, 0.6) is 0 Å². The predicted octanol–water partition coefficient (Wildman–Crippen LogP) is 24.4. The minimum atomic E-state index is 0. The molecular weight excluding hydrogens is 1260 g/mol. The Morgan fingerprint density at radius 2 is 0.637 bits per heavy atom. The van der Waals surface area contributed by atoms with Gasteiger partial charge in [0.2, 0.25) is 0 Å². The van der Waals surface area contributed by atoms with Crippen LogP contribution in [0.3, 0.4) is 0 Å². The van der Waals surface area contributed by atoms with Gasteiger partial charge in [-0.1, -0.05) is 221 Å². The number of fused-ring (bicyclic) bond motifs is 6. The van der Waals surface area contributed by atoms with Crippen molar-refractivity contribution in [2.75, 3.05) is 10.2 Å². The van der Waals surface area contributed by atoms with E-state index in [4.69, 9.17) is 0 Å². The summed E-state index contributed by atoms with van der Waals surface area (Å²) >= 11 is 13.0. The summed E-state index contributed by atoms with van der Waals surface area (Å²) in [6.07, 6.45) is 0. The summed E-state index contributed by atoms with van der Waals surface area (Å²) in [6.45, 7) is 0. The summed E-state index contributed by atoms with van der Waals surface area (Å²) in [5.74, 6) is 0. The maximum Gasteiger partial charge on any atom is 0.0462 e. The molecule has 80 heavy (non-hydrogen) atoms. The predicted molar refractivity (Wildman–Crippen MR) is 366 cm³/mol. The lowest BCUT2D eigenvalue weighted by Crippen LogP contribution is -2.09. The van der Waals surface area contributed by atoms with Crippen LogP contribution >= 0.6 is 77.1 Å². The summed E-state index contributed by atoms with van der Waals surface area (Å²) in [6, 6.07) is 103. The zero-order valence-electron chi connectivity index (χ0n) is 42.6. The lowest BCUT2D eigenvalue weighted by molar-refractivity contribution is 1.28. The highest BCUT2D eigenvalue weighted by atomic mass is 127. The third-order valence-electron chi connectivity index (χ3n) is 13.8. The molecule has 0 aliphatic rings. The quantitative estimate of drug-likeness (QED) is 0.145. The molecule has 12 aromatic carbocycles. The molecule has 14 rings (SSSR count). The van der Waals surface area contributed by atoms with Crippen molar-refractivity contribution in [3.05, 3.63) is 304 Å². The number of para-hydroxylation sites is 2. The summed E-state index contributed by atoms with van der Waals surface area (Å²) in [7, 11) is 0. The Morgan fingerprint density at radius 1 is 0.300 bits per heavy atom. The molecule has 0 saturated heterocycles. The molecular formula is C73H53Br2IN2S2. The molecule has 0 radical (unpaired) electrons. The highest BCUT2D eigenvalue weighted by molar-refractivity contribution is 14.1. The van der Waals surface area contributed by atoms with Gasteiger partial charge in [0.05, 0.1) is 0 Å². The molecule has 388 valence electrons. The molecule has 2 aromatic heterocycles. The van der Waals surface area contributed by atoms with E-state index in [9.17, 15) is 0 Å². The third kappa shape index (κ3) is 12.2. The molecule has 0 bridgehead atoms. The van der Waals surface area contributed by atoms with Gasteiger partial charge in [-0.15, -0.1) is 22.7 Å². The van der Waals surface area contributed by atoms with Crippen molar-refractivity contribution in [2.24, 2.45) is 0 Å². The van der Waals surface area contributed by atoms with Crippen LogP contribution in [0, 0.1) is 3.57 Å². The van der Waals surface area contributed by atoms with Crippen LogP contribution in [0.4, 0.5) is 28.4 Å². The molecule has 2 nitrogen and oxygen atoms in total. The second-order valence-corrected chi connectivity index (χ2v) is 24.1. The van der Waals surface area contributed by atoms with Gasteiger partial charge in [-0.05, 0) is 176 Å². The summed E-state index contributed by atoms with van der Waals surface area (Å²) in [5.41, 5.74) is 15.6. The number of anilines is 5. The standard InChI is InChI=1S/C36H24BrNS.C24H17NS.C12H8BrI.CH4/c37-28-19-13-25(14-20-28)26-15-21-30(22-16-26)38(29-7-2-1-3-8-29)31-23-17-27(18-24-31)32-10-6-11-34-33-9-4-5-12-35(33)39-36(32)34;1-2-7-18(8-3-1)25-19-15-13-17(14-16-19)20-10-6-11-22-21-9-4-5-12-23(21)26-24(20)22;13-11-5-1-9(2-6-11)10-3-7-12(14)8-4-10;/h1-24H;1-16,25H;1-8H;1H4. The van der Waals surface area contributed by atoms with Crippen molar-refractivity contribution in [2.45, 2.75) is 7.43 Å². The number of halogens is 3. The van der Waals surface area contributed by atoms with Gasteiger partial charge in [0.1, 0.15) is 0 Å². The number of nitrogens with one attached hydrogen (secondary N) is 1. The average molecular weight is 1310 g/mol. The van der Waals surface area contributed by atoms with Crippen LogP contribution in [0.25, 0.3) is 84.9 Å². The van der Waals surface area contributed by atoms with E-state index in [0.717, 1.165) is 37.4 Å². The van der Waals surface area contributed by atoms with Gasteiger partial charge in [-0.3, -0.25) is 0 Å². The van der Waals surface area contributed by atoms with E-state index in [0.29, 0.717) is 0 Å². The fourth-order valence-electron chi connectivity index (χ4n) is 9.91. The van der Waals surface area contributed by atoms with Crippen molar-refractivity contribution in [1.29, 1.82) is 0 Å². The second-order valence-electron chi connectivity index (χ2n) is 18.9. The maximum absolute atomic E-state index is 3.53. The van der Waals surface area contributed by atoms with Gasteiger partial charge < -0.3 is 10.2 Å². The third-order valence-corrected chi connectivity index (χ3v) is 18.1. The molecule has 2 heterocycles. The lowest BCUT2D eigenvalue weighted by Gasteiger charge is -2.26. The minimum Gasteiger partial charge on any atom is -0.356 e.